The van der Waals surface area contributed by atoms with Gasteiger partial charge >= 0.3 is 6.18 Å². The Hall–Kier alpha value is -4.10. The van der Waals surface area contributed by atoms with Gasteiger partial charge in [0.1, 0.15) is 16.5 Å². The molecule has 6 rings (SSSR count). The normalized spacial score (nSPS) is 13.3. The number of carbonyl (C=O) groups is 1. The number of carbonyl (C=O) groups excluding carboxylic acids is 1. The number of alkyl halides is 3. The summed E-state index contributed by atoms with van der Waals surface area (Å²) in [5.74, 6) is -1.19. The van der Waals surface area contributed by atoms with Gasteiger partial charge in [-0.1, -0.05) is 12.1 Å². The summed E-state index contributed by atoms with van der Waals surface area (Å²) < 4.78 is 54.2. The van der Waals surface area contributed by atoms with Gasteiger partial charge in [0.25, 0.3) is 5.91 Å². The molecule has 4 heterocycles. The van der Waals surface area contributed by atoms with Crippen LogP contribution >= 0.6 is 11.3 Å². The molecule has 3 aromatic heterocycles. The van der Waals surface area contributed by atoms with Crippen LogP contribution < -0.4 is 10.6 Å². The third-order valence-corrected chi connectivity index (χ3v) is 6.77. The highest BCUT2D eigenvalue weighted by Gasteiger charge is 2.34. The maximum Gasteiger partial charge on any atom is 0.435 e. The van der Waals surface area contributed by atoms with Gasteiger partial charge in [-0.3, -0.25) is 15.0 Å². The Kier molecular flexibility index (Phi) is 5.12. The lowest BCUT2D eigenvalue weighted by molar-refractivity contribution is -0.141. The molecule has 0 radical (unpaired) electrons. The van der Waals surface area contributed by atoms with E-state index in [1.165, 1.54) is 11.6 Å². The predicted molar refractivity (Wildman–Crippen MR) is 125 cm³/mol. The quantitative estimate of drug-likeness (QED) is 0.250. The van der Waals surface area contributed by atoms with Crippen LogP contribution in [-0.4, -0.2) is 31.3 Å². The van der Waals surface area contributed by atoms with E-state index in [0.29, 0.717) is 17.6 Å². The van der Waals surface area contributed by atoms with Crippen molar-refractivity contribution >= 4 is 33.8 Å². The van der Waals surface area contributed by atoms with Gasteiger partial charge in [0.15, 0.2) is 5.69 Å². The van der Waals surface area contributed by atoms with Gasteiger partial charge in [0.2, 0.25) is 0 Å². The number of H-pyrrole nitrogens is 2. The second kappa shape index (κ2) is 8.24. The first-order valence-corrected chi connectivity index (χ1v) is 11.5. The molecule has 0 saturated carbocycles. The largest absolute Gasteiger partial charge is 0.435 e. The van der Waals surface area contributed by atoms with E-state index < -0.39 is 23.6 Å². The molecule has 1 aliphatic heterocycles. The van der Waals surface area contributed by atoms with E-state index in [1.54, 1.807) is 12.1 Å². The number of hydrogen-bond acceptors (Lipinski definition) is 6. The Balaban J connectivity index is 1.35. The second-order valence-corrected chi connectivity index (χ2v) is 9.05. The number of fused-ring (bicyclic) bond motifs is 2. The molecule has 8 nitrogen and oxygen atoms in total. The van der Waals surface area contributed by atoms with Crippen LogP contribution in [0.4, 0.5) is 23.2 Å². The number of nitrogens with zero attached hydrogens (tertiary/aromatic N) is 3. The number of anilines is 1. The van der Waals surface area contributed by atoms with Crippen molar-refractivity contribution in [2.45, 2.75) is 19.3 Å². The molecule has 0 fully saturated rings. The maximum atomic E-state index is 15.6. The SMILES string of the molecule is O=C(Nc1cc2[nH]ncc2c(F)c1-c1ccc2c(c1)CNC2)c1csc(-c2cc(C(F)(F)F)n[nH]2)n1. The summed E-state index contributed by atoms with van der Waals surface area (Å²) in [6, 6.07) is 8.00. The Morgan fingerprint density at radius 2 is 1.92 bits per heavy atom. The number of rotatable bonds is 4. The van der Waals surface area contributed by atoms with Gasteiger partial charge in [-0.25, -0.2) is 9.37 Å². The molecule has 0 bridgehead atoms. The topological polar surface area (TPSA) is 111 Å². The van der Waals surface area contributed by atoms with E-state index >= 15 is 4.39 Å². The van der Waals surface area contributed by atoms with Crippen LogP contribution in [-0.2, 0) is 19.3 Å². The monoisotopic (exact) mass is 513 g/mol. The minimum absolute atomic E-state index is 0.0312. The third kappa shape index (κ3) is 3.82. The van der Waals surface area contributed by atoms with Gasteiger partial charge in [0.05, 0.1) is 28.5 Å². The number of halogens is 4. The number of nitrogens with one attached hydrogen (secondary N) is 4. The van der Waals surface area contributed by atoms with Crippen LogP contribution in [0.5, 0.6) is 0 Å². The number of aromatic nitrogens is 5. The highest BCUT2D eigenvalue weighted by molar-refractivity contribution is 7.13. The lowest BCUT2D eigenvalue weighted by atomic mass is 9.97. The minimum atomic E-state index is -4.61. The summed E-state index contributed by atoms with van der Waals surface area (Å²) in [4.78, 5) is 17.2. The summed E-state index contributed by atoms with van der Waals surface area (Å²) >= 11 is 0.979. The molecule has 5 aromatic rings. The van der Waals surface area contributed by atoms with Crippen molar-refractivity contribution in [3.05, 3.63) is 70.2 Å². The summed E-state index contributed by atoms with van der Waals surface area (Å²) in [5, 5.41) is 19.9. The number of thiazole rings is 1. The molecule has 0 aliphatic carbocycles. The molecule has 13 heteroatoms. The fourth-order valence-corrected chi connectivity index (χ4v) is 4.91. The molecule has 36 heavy (non-hydrogen) atoms. The van der Waals surface area contributed by atoms with Crippen LogP contribution in [0, 0.1) is 5.82 Å². The zero-order valence-electron chi connectivity index (χ0n) is 18.1. The third-order valence-electron chi connectivity index (χ3n) is 5.89. The van der Waals surface area contributed by atoms with Crippen molar-refractivity contribution in [2.24, 2.45) is 0 Å². The summed E-state index contributed by atoms with van der Waals surface area (Å²) in [6.07, 6.45) is -3.23. The summed E-state index contributed by atoms with van der Waals surface area (Å²) in [7, 11) is 0. The zero-order chi connectivity index (χ0) is 25.0. The smallest absolute Gasteiger partial charge is 0.320 e. The van der Waals surface area contributed by atoms with Crippen molar-refractivity contribution in [2.75, 3.05) is 5.32 Å². The van der Waals surface area contributed by atoms with E-state index in [1.807, 2.05) is 12.1 Å². The lowest BCUT2D eigenvalue weighted by Crippen LogP contribution is -2.13. The Bertz CT molecular complexity index is 1640. The Labute approximate surface area is 203 Å². The first-order valence-electron chi connectivity index (χ1n) is 10.7. The maximum absolute atomic E-state index is 15.6. The van der Waals surface area contributed by atoms with Crippen LogP contribution in [0.1, 0.15) is 27.3 Å². The lowest BCUT2D eigenvalue weighted by Gasteiger charge is -2.14. The fourth-order valence-electron chi connectivity index (χ4n) is 4.15. The standard InChI is InChI=1S/C23H15F4N7OS/c24-20-13-8-29-32-14(13)4-15(19(20)10-1-2-11-6-28-7-12(11)3-10)30-21(35)17-9-36-22(31-17)16-5-18(34-33-16)23(25,26)27/h1-5,8-9,28H,6-7H2,(H,29,32)(H,30,35)(H,33,34). The molecule has 4 N–H and O–H groups in total. The van der Waals surface area contributed by atoms with Crippen LogP contribution in [0.15, 0.2) is 41.9 Å². The van der Waals surface area contributed by atoms with Crippen molar-refractivity contribution in [1.82, 2.24) is 30.7 Å². The average molecular weight is 513 g/mol. The first-order chi connectivity index (χ1) is 17.3. The van der Waals surface area contributed by atoms with Crippen LogP contribution in [0.25, 0.3) is 32.7 Å². The molecule has 0 saturated heterocycles. The highest BCUT2D eigenvalue weighted by atomic mass is 32.1. The zero-order valence-corrected chi connectivity index (χ0v) is 18.9. The predicted octanol–water partition coefficient (Wildman–Crippen LogP) is 5.09. The molecular formula is C23H15F4N7OS. The molecule has 1 aliphatic rings. The van der Waals surface area contributed by atoms with E-state index in [9.17, 15) is 18.0 Å². The molecule has 0 atom stereocenters. The van der Waals surface area contributed by atoms with Crippen LogP contribution in [0.2, 0.25) is 0 Å². The fraction of sp³-hybridized carbons (Fsp3) is 0.130. The van der Waals surface area contributed by atoms with Crippen molar-refractivity contribution in [3.63, 3.8) is 0 Å². The molecule has 1 amide bonds. The van der Waals surface area contributed by atoms with Gasteiger partial charge in [0, 0.05) is 24.0 Å². The van der Waals surface area contributed by atoms with Crippen molar-refractivity contribution in [1.29, 1.82) is 0 Å². The van der Waals surface area contributed by atoms with Gasteiger partial charge in [-0.2, -0.15) is 23.4 Å². The van der Waals surface area contributed by atoms with Crippen molar-refractivity contribution < 1.29 is 22.4 Å². The van der Waals surface area contributed by atoms with Gasteiger partial charge in [-0.05, 0) is 34.9 Å². The molecular weight excluding hydrogens is 498 g/mol. The summed E-state index contributed by atoms with van der Waals surface area (Å²) in [5.41, 5.74) is 2.46. The number of aromatic amines is 2. The van der Waals surface area contributed by atoms with E-state index in [-0.39, 0.29) is 33.0 Å². The Morgan fingerprint density at radius 3 is 2.72 bits per heavy atom. The molecule has 182 valence electrons. The van der Waals surface area contributed by atoms with Gasteiger partial charge < -0.3 is 10.6 Å². The first kappa shape index (κ1) is 22.4. The summed E-state index contributed by atoms with van der Waals surface area (Å²) in [6.45, 7) is 1.39. The number of benzene rings is 2. The van der Waals surface area contributed by atoms with Gasteiger partial charge in [-0.15, -0.1) is 11.3 Å². The van der Waals surface area contributed by atoms with E-state index in [2.05, 4.69) is 36.0 Å². The van der Waals surface area contributed by atoms with Crippen LogP contribution in [0.3, 0.4) is 0 Å². The van der Waals surface area contributed by atoms with E-state index in [4.69, 9.17) is 0 Å². The molecule has 0 spiro atoms. The molecule has 0 unspecified atom stereocenters. The van der Waals surface area contributed by atoms with Crippen molar-refractivity contribution in [3.8, 4) is 21.8 Å². The highest BCUT2D eigenvalue weighted by Crippen LogP contribution is 2.37. The molecule has 2 aromatic carbocycles. The number of amides is 1. The average Bonchev–Trinajstić information content (AvgIpc) is 3.64. The van der Waals surface area contributed by atoms with E-state index in [0.717, 1.165) is 35.1 Å². The number of hydrogen-bond donors (Lipinski definition) is 4. The minimum Gasteiger partial charge on any atom is -0.320 e. The second-order valence-electron chi connectivity index (χ2n) is 8.19. The Morgan fingerprint density at radius 1 is 1.08 bits per heavy atom.